The van der Waals surface area contributed by atoms with Crippen molar-refractivity contribution in [3.05, 3.63) is 70.8 Å². The minimum Gasteiger partial charge on any atom is -0.456 e. The molecule has 0 bridgehead atoms. The van der Waals surface area contributed by atoms with E-state index in [9.17, 15) is 9.90 Å². The van der Waals surface area contributed by atoms with Crippen LogP contribution in [0.4, 0.5) is 0 Å². The number of hydrogen-bond acceptors (Lipinski definition) is 3. The number of hydrogen-bond donors (Lipinski definition) is 1. The summed E-state index contributed by atoms with van der Waals surface area (Å²) < 4.78 is 5.90. The summed E-state index contributed by atoms with van der Waals surface area (Å²) in [4.78, 5) is 12.1. The Morgan fingerprint density at radius 3 is 1.48 bits per heavy atom. The van der Waals surface area contributed by atoms with Crippen LogP contribution in [0.5, 0.6) is 0 Å². The summed E-state index contributed by atoms with van der Waals surface area (Å²) in [7, 11) is -2.46. The average Bonchev–Trinajstić information content (AvgIpc) is 2.52. The maximum atomic E-state index is 12.1. The van der Waals surface area contributed by atoms with E-state index in [1.807, 2.05) is 38.1 Å². The summed E-state index contributed by atoms with van der Waals surface area (Å²) in [6, 6.07) is 14.6. The Hall–Kier alpha value is -1.54. The van der Waals surface area contributed by atoms with Gasteiger partial charge in [-0.3, -0.25) is 4.79 Å². The van der Waals surface area contributed by atoms with Crippen molar-refractivity contribution < 1.29 is 14.0 Å². The number of rotatable bonds is 5. The van der Waals surface area contributed by atoms with Crippen LogP contribution < -0.4 is 0 Å². The molecular weight excluding hydrogens is 368 g/mol. The van der Waals surface area contributed by atoms with Crippen LogP contribution in [-0.2, 0) is 4.12 Å². The topological polar surface area (TPSA) is 46.5 Å². The molecule has 2 aromatic rings. The second-order valence-corrected chi connectivity index (χ2v) is 18.1. The standard InChI is InChI=1S/C16H16O2.C6H18OSi2/c1-11-3-7-13(8-4-11)15(17)16(18)14-9-5-12(2)6-10-14;1-8(2,3)7-9(4,5)6/h3-10,15,17H,1-2H3;1-6H3. The molecule has 148 valence electrons. The number of aliphatic hydroxyl groups is 1. The molecule has 0 aromatic heterocycles. The van der Waals surface area contributed by atoms with Gasteiger partial charge in [0.25, 0.3) is 0 Å². The van der Waals surface area contributed by atoms with Gasteiger partial charge < -0.3 is 9.22 Å². The van der Waals surface area contributed by atoms with Crippen LogP contribution in [-0.4, -0.2) is 27.5 Å². The number of Topliss-reactive ketones (excluding diaryl/α,β-unsaturated/α-hetero) is 1. The first-order valence-electron chi connectivity index (χ1n) is 9.34. The van der Waals surface area contributed by atoms with Crippen molar-refractivity contribution in [2.45, 2.75) is 59.2 Å². The van der Waals surface area contributed by atoms with E-state index in [4.69, 9.17) is 4.12 Å². The lowest BCUT2D eigenvalue weighted by Crippen LogP contribution is -2.39. The van der Waals surface area contributed by atoms with Crippen molar-refractivity contribution in [1.29, 1.82) is 0 Å². The number of benzene rings is 2. The molecule has 2 rings (SSSR count). The van der Waals surface area contributed by atoms with Gasteiger partial charge in [0, 0.05) is 5.56 Å². The summed E-state index contributed by atoms with van der Waals surface area (Å²) in [5, 5.41) is 10.1. The Kier molecular flexibility index (Phi) is 8.35. The quantitative estimate of drug-likeness (QED) is 0.501. The van der Waals surface area contributed by atoms with Gasteiger partial charge in [0.15, 0.2) is 22.4 Å². The second-order valence-electron chi connectivity index (χ2n) is 8.87. The van der Waals surface area contributed by atoms with Crippen LogP contribution in [0.2, 0.25) is 39.3 Å². The minimum atomic E-state index is -1.23. The van der Waals surface area contributed by atoms with E-state index in [2.05, 4.69) is 39.3 Å². The lowest BCUT2D eigenvalue weighted by atomic mass is 9.98. The Morgan fingerprint density at radius 2 is 1.15 bits per heavy atom. The van der Waals surface area contributed by atoms with Crippen molar-refractivity contribution in [2.75, 3.05) is 0 Å². The largest absolute Gasteiger partial charge is 0.456 e. The predicted octanol–water partition coefficient (Wildman–Crippen LogP) is 5.89. The monoisotopic (exact) mass is 402 g/mol. The fourth-order valence-electron chi connectivity index (χ4n) is 2.69. The Balaban J connectivity index is 0.000000345. The van der Waals surface area contributed by atoms with Gasteiger partial charge >= 0.3 is 0 Å². The molecule has 1 N–H and O–H groups in total. The third kappa shape index (κ3) is 9.28. The Labute approximate surface area is 166 Å². The zero-order chi connectivity index (χ0) is 20.8. The van der Waals surface area contributed by atoms with E-state index < -0.39 is 22.7 Å². The molecule has 27 heavy (non-hydrogen) atoms. The second kappa shape index (κ2) is 9.60. The fourth-order valence-corrected chi connectivity index (χ4v) is 10.0. The van der Waals surface area contributed by atoms with Crippen LogP contribution >= 0.6 is 0 Å². The van der Waals surface area contributed by atoms with Crippen molar-refractivity contribution in [2.24, 2.45) is 0 Å². The first-order chi connectivity index (χ1) is 12.3. The summed E-state index contributed by atoms with van der Waals surface area (Å²) in [5.41, 5.74) is 3.37. The predicted molar refractivity (Wildman–Crippen MR) is 119 cm³/mol. The highest BCUT2D eigenvalue weighted by Crippen LogP contribution is 2.19. The van der Waals surface area contributed by atoms with Crippen molar-refractivity contribution in [3.8, 4) is 0 Å². The highest BCUT2D eigenvalue weighted by molar-refractivity contribution is 6.83. The molecule has 0 radical (unpaired) electrons. The van der Waals surface area contributed by atoms with Crippen LogP contribution in [0.15, 0.2) is 48.5 Å². The molecule has 3 nitrogen and oxygen atoms in total. The zero-order valence-corrected chi connectivity index (χ0v) is 20.0. The molecule has 0 heterocycles. The van der Waals surface area contributed by atoms with E-state index in [-0.39, 0.29) is 5.78 Å². The Bertz CT molecular complexity index is 712. The van der Waals surface area contributed by atoms with Crippen LogP contribution in [0.3, 0.4) is 0 Å². The molecule has 1 atom stereocenters. The molecule has 0 aliphatic rings. The number of carbonyl (C=O) groups is 1. The molecule has 2 aromatic carbocycles. The number of aliphatic hydroxyl groups excluding tert-OH is 1. The van der Waals surface area contributed by atoms with Gasteiger partial charge in [-0.2, -0.15) is 0 Å². The van der Waals surface area contributed by atoms with Gasteiger partial charge in [-0.15, -0.1) is 0 Å². The van der Waals surface area contributed by atoms with Gasteiger partial charge in [-0.25, -0.2) is 0 Å². The van der Waals surface area contributed by atoms with E-state index in [1.54, 1.807) is 24.3 Å². The van der Waals surface area contributed by atoms with E-state index in [0.717, 1.165) is 11.1 Å². The van der Waals surface area contributed by atoms with Crippen LogP contribution in [0.25, 0.3) is 0 Å². The lowest BCUT2D eigenvalue weighted by molar-refractivity contribution is 0.0747. The van der Waals surface area contributed by atoms with Crippen molar-refractivity contribution >= 4 is 22.4 Å². The molecule has 0 spiro atoms. The highest BCUT2D eigenvalue weighted by Gasteiger charge is 2.24. The summed E-state index contributed by atoms with van der Waals surface area (Å²) in [6.07, 6.45) is -1.09. The lowest BCUT2D eigenvalue weighted by Gasteiger charge is -2.27. The summed E-state index contributed by atoms with van der Waals surface area (Å²) in [6.45, 7) is 17.4. The zero-order valence-electron chi connectivity index (χ0n) is 18.0. The molecule has 1 unspecified atom stereocenters. The normalized spacial score (nSPS) is 12.8. The van der Waals surface area contributed by atoms with Crippen molar-refractivity contribution in [3.63, 3.8) is 0 Å². The Morgan fingerprint density at radius 1 is 0.778 bits per heavy atom. The third-order valence-corrected chi connectivity index (χ3v) is 8.49. The molecule has 0 aliphatic carbocycles. The SMILES string of the molecule is C[Si](C)(C)O[Si](C)(C)C.Cc1ccc(C(=O)C(O)c2ccc(C)cc2)cc1. The maximum absolute atomic E-state index is 12.1. The van der Waals surface area contributed by atoms with Crippen molar-refractivity contribution in [1.82, 2.24) is 0 Å². The number of aryl methyl sites for hydroxylation is 2. The minimum absolute atomic E-state index is 0.265. The van der Waals surface area contributed by atoms with Crippen LogP contribution in [0, 0.1) is 13.8 Å². The van der Waals surface area contributed by atoms with Crippen LogP contribution in [0.1, 0.15) is 33.2 Å². The molecule has 0 amide bonds. The number of ketones is 1. The van der Waals surface area contributed by atoms with Gasteiger partial charge in [-0.05, 0) is 58.7 Å². The third-order valence-electron chi connectivity index (χ3n) is 3.59. The molecule has 0 aliphatic heterocycles. The molecular formula is C22H34O3Si2. The van der Waals surface area contributed by atoms with Gasteiger partial charge in [0.1, 0.15) is 6.10 Å². The van der Waals surface area contributed by atoms with E-state index >= 15 is 0 Å². The first-order valence-corrected chi connectivity index (χ1v) is 16.2. The van der Waals surface area contributed by atoms with E-state index in [1.165, 1.54) is 0 Å². The molecule has 0 fully saturated rings. The smallest absolute Gasteiger partial charge is 0.195 e. The van der Waals surface area contributed by atoms with Gasteiger partial charge in [0.2, 0.25) is 0 Å². The van der Waals surface area contributed by atoms with E-state index in [0.29, 0.717) is 11.1 Å². The highest BCUT2D eigenvalue weighted by atomic mass is 28.4. The summed E-state index contributed by atoms with van der Waals surface area (Å²) >= 11 is 0. The summed E-state index contributed by atoms with van der Waals surface area (Å²) in [5.74, 6) is -0.265. The van der Waals surface area contributed by atoms with Gasteiger partial charge in [0.05, 0.1) is 0 Å². The average molecular weight is 403 g/mol. The number of carbonyl (C=O) groups excluding carboxylic acids is 1. The van der Waals surface area contributed by atoms with Gasteiger partial charge in [-0.1, -0.05) is 59.7 Å². The first kappa shape index (κ1) is 23.5. The maximum Gasteiger partial charge on any atom is 0.195 e. The molecule has 0 saturated carbocycles. The fraction of sp³-hybridized carbons (Fsp3) is 0.409. The molecule has 0 saturated heterocycles. The molecule has 5 heteroatoms.